The lowest BCUT2D eigenvalue weighted by molar-refractivity contribution is 0.102. The van der Waals surface area contributed by atoms with Crippen molar-refractivity contribution in [2.24, 2.45) is 11.8 Å². The zero-order chi connectivity index (χ0) is 22.6. The molecule has 1 fully saturated rings. The summed E-state index contributed by atoms with van der Waals surface area (Å²) in [4.78, 5) is 12.1. The molecule has 1 saturated carbocycles. The second kappa shape index (κ2) is 9.78. The Hall–Kier alpha value is -2.45. The molecular formula is C23H29FN2O4S. The summed E-state index contributed by atoms with van der Waals surface area (Å²) in [6.07, 6.45) is 2.69. The highest BCUT2D eigenvalue weighted by Crippen LogP contribution is 2.31. The van der Waals surface area contributed by atoms with E-state index in [1.165, 1.54) is 6.07 Å². The van der Waals surface area contributed by atoms with Gasteiger partial charge in [-0.3, -0.25) is 4.79 Å². The molecule has 1 aliphatic rings. The molecule has 0 bridgehead atoms. The first-order valence-electron chi connectivity index (χ1n) is 10.6. The van der Waals surface area contributed by atoms with Crippen LogP contribution in [0.25, 0.3) is 0 Å². The monoisotopic (exact) mass is 448 g/mol. The molecule has 0 aromatic heterocycles. The van der Waals surface area contributed by atoms with E-state index in [0.717, 1.165) is 25.0 Å². The molecule has 6 nitrogen and oxygen atoms in total. The molecule has 8 heteroatoms. The van der Waals surface area contributed by atoms with E-state index >= 15 is 0 Å². The summed E-state index contributed by atoms with van der Waals surface area (Å²) in [6, 6.07) is 9.89. The van der Waals surface area contributed by atoms with E-state index in [1.807, 2.05) is 13.8 Å². The third-order valence-corrected chi connectivity index (χ3v) is 7.42. The fourth-order valence-electron chi connectivity index (χ4n) is 3.87. The molecule has 0 heterocycles. The molecule has 1 amide bonds. The van der Waals surface area contributed by atoms with Gasteiger partial charge in [0.25, 0.3) is 5.91 Å². The minimum Gasteiger partial charge on any atom is -0.494 e. The Morgan fingerprint density at radius 3 is 2.52 bits per heavy atom. The van der Waals surface area contributed by atoms with Crippen molar-refractivity contribution in [1.82, 2.24) is 4.72 Å². The average Bonchev–Trinajstić information content (AvgIpc) is 2.73. The first-order chi connectivity index (χ1) is 14.7. The third kappa shape index (κ3) is 5.62. The maximum absolute atomic E-state index is 14.4. The molecule has 3 atom stereocenters. The normalized spacial score (nSPS) is 21.5. The average molecular weight is 449 g/mol. The van der Waals surface area contributed by atoms with Gasteiger partial charge in [-0.25, -0.2) is 17.5 Å². The number of hydrogen-bond donors (Lipinski definition) is 2. The molecule has 0 saturated heterocycles. The molecule has 0 unspecified atom stereocenters. The van der Waals surface area contributed by atoms with E-state index < -0.39 is 26.6 Å². The number of nitrogens with one attached hydrogen (secondary N) is 2. The van der Waals surface area contributed by atoms with Crippen LogP contribution in [0.15, 0.2) is 47.4 Å². The van der Waals surface area contributed by atoms with Gasteiger partial charge in [-0.1, -0.05) is 26.7 Å². The minimum atomic E-state index is -4.11. The first kappa shape index (κ1) is 23.2. The van der Waals surface area contributed by atoms with E-state index in [9.17, 15) is 17.6 Å². The second-order valence-electron chi connectivity index (χ2n) is 8.05. The Bertz CT molecular complexity index is 1020. The van der Waals surface area contributed by atoms with Gasteiger partial charge in [-0.2, -0.15) is 0 Å². The van der Waals surface area contributed by atoms with Crippen LogP contribution < -0.4 is 14.8 Å². The summed E-state index contributed by atoms with van der Waals surface area (Å²) in [5.74, 6) is -0.204. The molecular weight excluding hydrogens is 419 g/mol. The summed E-state index contributed by atoms with van der Waals surface area (Å²) >= 11 is 0. The number of halogens is 1. The Morgan fingerprint density at radius 2 is 1.84 bits per heavy atom. The van der Waals surface area contributed by atoms with Gasteiger partial charge in [0.15, 0.2) is 0 Å². The van der Waals surface area contributed by atoms with Gasteiger partial charge in [-0.05, 0) is 67.6 Å². The lowest BCUT2D eigenvalue weighted by Crippen LogP contribution is -2.43. The first-order valence-corrected chi connectivity index (χ1v) is 12.1. The number of amides is 1. The summed E-state index contributed by atoms with van der Waals surface area (Å²) in [5.41, 5.74) is 0.575. The van der Waals surface area contributed by atoms with Gasteiger partial charge in [0.2, 0.25) is 10.0 Å². The molecule has 2 aromatic rings. The maximum Gasteiger partial charge on any atom is 0.255 e. The molecule has 0 radical (unpaired) electrons. The van der Waals surface area contributed by atoms with E-state index in [0.29, 0.717) is 30.4 Å². The predicted molar refractivity (Wildman–Crippen MR) is 118 cm³/mol. The van der Waals surface area contributed by atoms with Crippen LogP contribution in [0.1, 0.15) is 50.4 Å². The van der Waals surface area contributed by atoms with Crippen molar-refractivity contribution in [2.75, 3.05) is 11.9 Å². The smallest absolute Gasteiger partial charge is 0.255 e. The third-order valence-electron chi connectivity index (χ3n) is 5.92. The molecule has 0 spiro atoms. The minimum absolute atomic E-state index is 0.0562. The Kier molecular flexibility index (Phi) is 7.33. The van der Waals surface area contributed by atoms with E-state index in [1.54, 1.807) is 24.3 Å². The highest BCUT2D eigenvalue weighted by atomic mass is 32.2. The van der Waals surface area contributed by atoms with Crippen molar-refractivity contribution in [3.8, 4) is 5.75 Å². The number of benzene rings is 2. The van der Waals surface area contributed by atoms with Crippen LogP contribution in [0.5, 0.6) is 5.75 Å². The van der Waals surface area contributed by atoms with Crippen molar-refractivity contribution < 1.29 is 22.3 Å². The largest absolute Gasteiger partial charge is 0.494 e. The van der Waals surface area contributed by atoms with Crippen LogP contribution in [-0.2, 0) is 10.0 Å². The summed E-state index contributed by atoms with van der Waals surface area (Å²) in [7, 11) is -4.11. The highest BCUT2D eigenvalue weighted by molar-refractivity contribution is 7.89. The van der Waals surface area contributed by atoms with Gasteiger partial charge in [-0.15, -0.1) is 0 Å². The van der Waals surface area contributed by atoms with Crippen LogP contribution in [0.2, 0.25) is 0 Å². The van der Waals surface area contributed by atoms with Crippen LogP contribution in [-0.4, -0.2) is 27.0 Å². The zero-order valence-corrected chi connectivity index (χ0v) is 18.8. The number of hydrogen-bond acceptors (Lipinski definition) is 4. The van der Waals surface area contributed by atoms with E-state index in [2.05, 4.69) is 17.0 Å². The molecule has 2 N–H and O–H groups in total. The number of carbonyl (C=O) groups is 1. The molecule has 1 aliphatic carbocycles. The number of rotatable bonds is 7. The SMILES string of the molecule is CCOc1ccc(NC(=O)c2ccc(F)c(S(=O)(=O)N[C@@H]3CCC[C@H](C)[C@@H]3C)c2)cc1. The van der Waals surface area contributed by atoms with Gasteiger partial charge in [0, 0.05) is 17.3 Å². The van der Waals surface area contributed by atoms with Crippen molar-refractivity contribution >= 4 is 21.6 Å². The van der Waals surface area contributed by atoms with Crippen LogP contribution >= 0.6 is 0 Å². The standard InChI is InChI=1S/C23H29FN2O4S/c1-4-30-19-11-9-18(10-12-19)25-23(27)17-8-13-20(24)22(14-17)31(28,29)26-21-7-5-6-15(2)16(21)3/h8-16,21,26H,4-7H2,1-3H3,(H,25,27)/t15-,16-,21+/m0/s1. The summed E-state index contributed by atoms with van der Waals surface area (Å²) in [6.45, 7) is 6.51. The fourth-order valence-corrected chi connectivity index (χ4v) is 5.33. The lowest BCUT2D eigenvalue weighted by atomic mass is 9.78. The Morgan fingerprint density at radius 1 is 1.13 bits per heavy atom. The Balaban J connectivity index is 1.77. The number of carbonyl (C=O) groups excluding carboxylic acids is 1. The lowest BCUT2D eigenvalue weighted by Gasteiger charge is -2.34. The molecule has 31 heavy (non-hydrogen) atoms. The predicted octanol–water partition coefficient (Wildman–Crippen LogP) is 4.58. The zero-order valence-electron chi connectivity index (χ0n) is 18.0. The second-order valence-corrected chi connectivity index (χ2v) is 9.73. The van der Waals surface area contributed by atoms with Crippen molar-refractivity contribution in [3.05, 3.63) is 53.8 Å². The van der Waals surface area contributed by atoms with Crippen molar-refractivity contribution in [2.45, 2.75) is 51.0 Å². The fraction of sp³-hybridized carbons (Fsp3) is 0.435. The summed E-state index contributed by atoms with van der Waals surface area (Å²) in [5, 5.41) is 2.69. The van der Waals surface area contributed by atoms with Crippen LogP contribution in [0.4, 0.5) is 10.1 Å². The van der Waals surface area contributed by atoms with E-state index in [-0.39, 0.29) is 17.5 Å². The quantitative estimate of drug-likeness (QED) is 0.649. The topological polar surface area (TPSA) is 84.5 Å². The van der Waals surface area contributed by atoms with Crippen molar-refractivity contribution in [3.63, 3.8) is 0 Å². The van der Waals surface area contributed by atoms with Gasteiger partial charge in [0.05, 0.1) is 6.61 Å². The molecule has 0 aliphatic heterocycles. The number of ether oxygens (including phenoxy) is 1. The van der Waals surface area contributed by atoms with Gasteiger partial charge in [0.1, 0.15) is 16.5 Å². The molecule has 168 valence electrons. The Labute approximate surface area is 183 Å². The van der Waals surface area contributed by atoms with Gasteiger partial charge >= 0.3 is 0 Å². The van der Waals surface area contributed by atoms with E-state index in [4.69, 9.17) is 4.74 Å². The van der Waals surface area contributed by atoms with Crippen LogP contribution in [0, 0.1) is 17.7 Å². The number of sulfonamides is 1. The molecule has 2 aromatic carbocycles. The highest BCUT2D eigenvalue weighted by Gasteiger charge is 2.32. The maximum atomic E-state index is 14.4. The van der Waals surface area contributed by atoms with Crippen molar-refractivity contribution in [1.29, 1.82) is 0 Å². The summed E-state index contributed by atoms with van der Waals surface area (Å²) < 4.78 is 48.3. The molecule has 3 rings (SSSR count). The van der Waals surface area contributed by atoms with Crippen LogP contribution in [0.3, 0.4) is 0 Å². The van der Waals surface area contributed by atoms with Gasteiger partial charge < -0.3 is 10.1 Å². The number of anilines is 1.